The molecule has 0 aliphatic carbocycles. The summed E-state index contributed by atoms with van der Waals surface area (Å²) in [4.78, 5) is 14.0. The van der Waals surface area contributed by atoms with Gasteiger partial charge in [-0.05, 0) is 29.3 Å². The molecule has 1 heterocycles. The number of hydrogen-bond acceptors (Lipinski definition) is 2. The van der Waals surface area contributed by atoms with Gasteiger partial charge in [0.05, 0.1) is 13.0 Å². The molecule has 0 radical (unpaired) electrons. The molecule has 0 saturated carbocycles. The molecular weight excluding hydrogens is 250 g/mol. The van der Waals surface area contributed by atoms with E-state index in [1.165, 1.54) is 5.56 Å². The van der Waals surface area contributed by atoms with Gasteiger partial charge in [-0.3, -0.25) is 4.79 Å². The molecule has 0 bridgehead atoms. The fraction of sp³-hybridized carbons (Fsp3) is 0.235. The molecule has 0 aromatic heterocycles. The average molecular weight is 267 g/mol. The first-order valence-corrected chi connectivity index (χ1v) is 6.80. The highest BCUT2D eigenvalue weighted by atomic mass is 16.5. The van der Waals surface area contributed by atoms with E-state index in [1.54, 1.807) is 4.90 Å². The van der Waals surface area contributed by atoms with E-state index in [1.807, 2.05) is 49.5 Å². The van der Waals surface area contributed by atoms with Crippen LogP contribution in [-0.4, -0.2) is 19.6 Å². The summed E-state index contributed by atoms with van der Waals surface area (Å²) < 4.78 is 5.48. The van der Waals surface area contributed by atoms with Crippen molar-refractivity contribution >= 4 is 11.6 Å². The topological polar surface area (TPSA) is 29.5 Å². The fourth-order valence-corrected chi connectivity index (χ4v) is 2.44. The van der Waals surface area contributed by atoms with Gasteiger partial charge in [-0.2, -0.15) is 0 Å². The maximum Gasteiger partial charge on any atom is 0.231 e. The molecule has 20 heavy (non-hydrogen) atoms. The second-order valence-electron chi connectivity index (χ2n) is 5.01. The number of carbonyl (C=O) groups excluding carboxylic acids is 1. The number of hydrogen-bond donors (Lipinski definition) is 0. The van der Waals surface area contributed by atoms with Crippen molar-refractivity contribution in [2.45, 2.75) is 12.8 Å². The third-order valence-corrected chi connectivity index (χ3v) is 3.63. The number of likely N-dealkylation sites (N-methyl/N-ethyl adjacent to an activating group) is 1. The summed E-state index contributed by atoms with van der Waals surface area (Å²) in [7, 11) is 1.81. The lowest BCUT2D eigenvalue weighted by Crippen LogP contribution is -2.27. The Balaban J connectivity index is 1.73. The highest BCUT2D eigenvalue weighted by molar-refractivity contribution is 5.94. The van der Waals surface area contributed by atoms with Crippen LogP contribution in [0.1, 0.15) is 11.1 Å². The number of carbonyl (C=O) groups is 1. The van der Waals surface area contributed by atoms with Gasteiger partial charge in [0.2, 0.25) is 5.91 Å². The summed E-state index contributed by atoms with van der Waals surface area (Å²) in [6, 6.07) is 15.7. The van der Waals surface area contributed by atoms with Gasteiger partial charge in [-0.15, -0.1) is 0 Å². The monoisotopic (exact) mass is 267 g/mol. The highest BCUT2D eigenvalue weighted by Crippen LogP contribution is 2.26. The Labute approximate surface area is 118 Å². The van der Waals surface area contributed by atoms with Gasteiger partial charge in [0.25, 0.3) is 0 Å². The first kappa shape index (κ1) is 12.7. The van der Waals surface area contributed by atoms with Crippen molar-refractivity contribution in [2.24, 2.45) is 0 Å². The molecule has 2 aromatic carbocycles. The van der Waals surface area contributed by atoms with Crippen molar-refractivity contribution in [1.29, 1.82) is 0 Å². The molecule has 0 fully saturated rings. The molecule has 1 amide bonds. The van der Waals surface area contributed by atoms with Crippen molar-refractivity contribution in [3.8, 4) is 5.75 Å². The van der Waals surface area contributed by atoms with Gasteiger partial charge in [-0.1, -0.05) is 30.3 Å². The van der Waals surface area contributed by atoms with Gasteiger partial charge in [-0.25, -0.2) is 0 Å². The second kappa shape index (κ2) is 5.37. The Hall–Kier alpha value is -2.29. The summed E-state index contributed by atoms with van der Waals surface area (Å²) in [6.07, 6.45) is 1.35. The number of ether oxygens (including phenoxy) is 1. The second-order valence-corrected chi connectivity index (χ2v) is 5.01. The molecule has 1 aliphatic heterocycles. The lowest BCUT2D eigenvalue weighted by molar-refractivity contribution is -0.117. The van der Waals surface area contributed by atoms with E-state index in [4.69, 9.17) is 4.74 Å². The van der Waals surface area contributed by atoms with Crippen molar-refractivity contribution in [1.82, 2.24) is 0 Å². The Bertz CT molecular complexity index is 622. The number of amides is 1. The van der Waals surface area contributed by atoms with Crippen molar-refractivity contribution in [3.05, 3.63) is 59.7 Å². The van der Waals surface area contributed by atoms with Gasteiger partial charge in [0.1, 0.15) is 5.75 Å². The minimum Gasteiger partial charge on any atom is -0.493 e. The number of nitrogens with zero attached hydrogens (tertiary/aromatic N) is 1. The molecule has 1 aliphatic rings. The van der Waals surface area contributed by atoms with Crippen LogP contribution in [0, 0.1) is 0 Å². The molecule has 2 aromatic rings. The zero-order valence-electron chi connectivity index (χ0n) is 11.5. The van der Waals surface area contributed by atoms with E-state index in [9.17, 15) is 4.79 Å². The van der Waals surface area contributed by atoms with Crippen molar-refractivity contribution < 1.29 is 9.53 Å². The van der Waals surface area contributed by atoms with Crippen LogP contribution < -0.4 is 9.64 Å². The zero-order valence-corrected chi connectivity index (χ0v) is 11.5. The third-order valence-electron chi connectivity index (χ3n) is 3.63. The largest absolute Gasteiger partial charge is 0.493 e. The van der Waals surface area contributed by atoms with Gasteiger partial charge in [0.15, 0.2) is 0 Å². The number of rotatable bonds is 3. The van der Waals surface area contributed by atoms with Crippen LogP contribution in [0.25, 0.3) is 0 Å². The van der Waals surface area contributed by atoms with Crippen LogP contribution in [0.5, 0.6) is 5.75 Å². The normalized spacial score (nSPS) is 12.7. The Kier molecular flexibility index (Phi) is 3.42. The number of para-hydroxylation sites is 1. The van der Waals surface area contributed by atoms with E-state index in [0.29, 0.717) is 6.42 Å². The predicted octanol–water partition coefficient (Wildman–Crippen LogP) is 2.83. The van der Waals surface area contributed by atoms with Crippen LogP contribution in [0.2, 0.25) is 0 Å². The summed E-state index contributed by atoms with van der Waals surface area (Å²) >= 11 is 0. The molecule has 0 atom stereocenters. The number of benzene rings is 2. The summed E-state index contributed by atoms with van der Waals surface area (Å²) in [6.45, 7) is 0.747. The van der Waals surface area contributed by atoms with Crippen LogP contribution in [-0.2, 0) is 17.6 Å². The Morgan fingerprint density at radius 3 is 2.80 bits per heavy atom. The quantitative estimate of drug-likeness (QED) is 0.856. The van der Waals surface area contributed by atoms with E-state index >= 15 is 0 Å². The van der Waals surface area contributed by atoms with E-state index in [0.717, 1.165) is 30.0 Å². The average Bonchev–Trinajstić information content (AvgIpc) is 2.95. The molecule has 0 saturated heterocycles. The first-order chi connectivity index (χ1) is 9.74. The Morgan fingerprint density at radius 2 is 2.00 bits per heavy atom. The van der Waals surface area contributed by atoms with Crippen molar-refractivity contribution in [3.63, 3.8) is 0 Å². The number of fused-ring (bicyclic) bond motifs is 1. The van der Waals surface area contributed by atoms with Crippen LogP contribution in [0.4, 0.5) is 5.69 Å². The molecule has 0 spiro atoms. The van der Waals surface area contributed by atoms with Gasteiger partial charge < -0.3 is 9.64 Å². The van der Waals surface area contributed by atoms with Crippen LogP contribution in [0.3, 0.4) is 0 Å². The third kappa shape index (κ3) is 2.52. The predicted molar refractivity (Wildman–Crippen MR) is 79.2 cm³/mol. The Morgan fingerprint density at radius 1 is 1.20 bits per heavy atom. The van der Waals surface area contributed by atoms with Crippen LogP contribution in [0.15, 0.2) is 48.5 Å². The van der Waals surface area contributed by atoms with Gasteiger partial charge in [0, 0.05) is 19.2 Å². The van der Waals surface area contributed by atoms with Crippen molar-refractivity contribution in [2.75, 3.05) is 18.6 Å². The molecule has 3 nitrogen and oxygen atoms in total. The van der Waals surface area contributed by atoms with E-state index in [-0.39, 0.29) is 5.91 Å². The molecular formula is C17H17NO2. The highest BCUT2D eigenvalue weighted by Gasteiger charge is 2.15. The SMILES string of the molecule is CN(C(=O)Cc1ccc2c(c1)CCO2)c1ccccc1. The standard InChI is InChI=1S/C17H17NO2/c1-18(15-5-3-2-4-6-15)17(19)12-13-7-8-16-14(11-13)9-10-20-16/h2-8,11H,9-10,12H2,1H3. The minimum absolute atomic E-state index is 0.0927. The number of anilines is 1. The molecule has 3 rings (SSSR count). The lowest BCUT2D eigenvalue weighted by Gasteiger charge is -2.17. The van der Waals surface area contributed by atoms with Gasteiger partial charge >= 0.3 is 0 Å². The first-order valence-electron chi connectivity index (χ1n) is 6.80. The summed E-state index contributed by atoms with van der Waals surface area (Å²) in [5, 5.41) is 0. The summed E-state index contributed by atoms with van der Waals surface area (Å²) in [5.74, 6) is 1.05. The van der Waals surface area contributed by atoms with Crippen LogP contribution >= 0.6 is 0 Å². The smallest absolute Gasteiger partial charge is 0.231 e. The van der Waals surface area contributed by atoms with E-state index < -0.39 is 0 Å². The van der Waals surface area contributed by atoms with E-state index in [2.05, 4.69) is 6.07 Å². The molecule has 3 heteroatoms. The zero-order chi connectivity index (χ0) is 13.9. The molecule has 0 N–H and O–H groups in total. The maximum atomic E-state index is 12.3. The maximum absolute atomic E-state index is 12.3. The molecule has 102 valence electrons. The summed E-state index contributed by atoms with van der Waals surface area (Å²) in [5.41, 5.74) is 3.17. The molecule has 0 unspecified atom stereocenters. The fourth-order valence-electron chi connectivity index (χ4n) is 2.44. The minimum atomic E-state index is 0.0927. The lowest BCUT2D eigenvalue weighted by atomic mass is 10.1.